The molecule has 1 nitrogen and oxygen atoms in total. The van der Waals surface area contributed by atoms with Gasteiger partial charge in [-0.2, -0.15) is 0 Å². The lowest BCUT2D eigenvalue weighted by Crippen LogP contribution is -2.10. The molecule has 1 rings (SSSR count). The van der Waals surface area contributed by atoms with Crippen LogP contribution < -0.4 is 0 Å². The van der Waals surface area contributed by atoms with Gasteiger partial charge in [-0.1, -0.05) is 15.9 Å². The largest absolute Gasteiger partial charge is 0.293 e. The molecule has 0 aliphatic heterocycles. The van der Waals surface area contributed by atoms with E-state index in [1.54, 1.807) is 13.0 Å². The van der Waals surface area contributed by atoms with Gasteiger partial charge in [0.25, 0.3) is 0 Å². The second-order valence-corrected chi connectivity index (χ2v) is 4.60. The minimum Gasteiger partial charge on any atom is -0.293 e. The molecule has 0 N–H and O–H groups in total. The monoisotopic (exact) mass is 278 g/mol. The number of benzene rings is 1. The number of hydrogen-bond donors (Lipinski definition) is 0. The first-order valence-corrected chi connectivity index (χ1v) is 5.53. The second-order valence-electron chi connectivity index (χ2n) is 2.96. The molecular formula is C10H9BrClFO. The van der Waals surface area contributed by atoms with E-state index in [0.717, 1.165) is 0 Å². The van der Waals surface area contributed by atoms with E-state index in [2.05, 4.69) is 15.9 Å². The molecule has 14 heavy (non-hydrogen) atoms. The van der Waals surface area contributed by atoms with E-state index in [1.165, 1.54) is 12.1 Å². The lowest BCUT2D eigenvalue weighted by molar-refractivity contribution is 0.0995. The average molecular weight is 280 g/mol. The maximum absolute atomic E-state index is 13.0. The first kappa shape index (κ1) is 11.7. The lowest BCUT2D eigenvalue weighted by Gasteiger charge is -2.04. The number of ketones is 1. The Hall–Kier alpha value is -0.410. The third kappa shape index (κ3) is 2.79. The van der Waals surface area contributed by atoms with Crippen molar-refractivity contribution < 1.29 is 9.18 Å². The van der Waals surface area contributed by atoms with Crippen LogP contribution in [-0.4, -0.2) is 10.6 Å². The Labute approximate surface area is 95.4 Å². The summed E-state index contributed by atoms with van der Waals surface area (Å²) in [7, 11) is 0. The highest BCUT2D eigenvalue weighted by Gasteiger charge is 2.13. The Morgan fingerprint density at radius 2 is 2.21 bits per heavy atom. The van der Waals surface area contributed by atoms with Crippen molar-refractivity contribution >= 4 is 33.3 Å². The van der Waals surface area contributed by atoms with E-state index in [1.807, 2.05) is 0 Å². The normalized spacial score (nSPS) is 12.6. The zero-order chi connectivity index (χ0) is 10.7. The summed E-state index contributed by atoms with van der Waals surface area (Å²) in [4.78, 5) is 11.2. The molecule has 0 amide bonds. The molecule has 0 radical (unpaired) electrons. The molecule has 1 aromatic rings. The summed E-state index contributed by atoms with van der Waals surface area (Å²) in [6.07, 6.45) is 0. The van der Waals surface area contributed by atoms with Crippen LogP contribution in [0.3, 0.4) is 0 Å². The van der Waals surface area contributed by atoms with Crippen molar-refractivity contribution in [2.24, 2.45) is 0 Å². The molecule has 1 aromatic carbocycles. The van der Waals surface area contributed by atoms with Crippen LogP contribution >= 0.6 is 27.5 Å². The van der Waals surface area contributed by atoms with E-state index >= 15 is 0 Å². The van der Waals surface area contributed by atoms with Crippen molar-refractivity contribution in [2.45, 2.75) is 17.6 Å². The van der Waals surface area contributed by atoms with E-state index in [-0.39, 0.29) is 16.5 Å². The summed E-state index contributed by atoms with van der Waals surface area (Å²) < 4.78 is 13.0. The van der Waals surface area contributed by atoms with Crippen LogP contribution in [0.2, 0.25) is 0 Å². The Morgan fingerprint density at radius 1 is 1.57 bits per heavy atom. The lowest BCUT2D eigenvalue weighted by atomic mass is 10.1. The van der Waals surface area contributed by atoms with Gasteiger partial charge in [-0.05, 0) is 30.7 Å². The van der Waals surface area contributed by atoms with Gasteiger partial charge in [0.15, 0.2) is 5.78 Å². The topological polar surface area (TPSA) is 17.1 Å². The van der Waals surface area contributed by atoms with Crippen molar-refractivity contribution in [3.8, 4) is 0 Å². The predicted molar refractivity (Wildman–Crippen MR) is 58.7 cm³/mol. The Balaban J connectivity index is 3.09. The molecule has 1 atom stereocenters. The first-order chi connectivity index (χ1) is 6.54. The number of Topliss-reactive ketones (excluding diaryl/α,β-unsaturated/α-hetero) is 1. The standard InChI is InChI=1S/C10H9BrClFO/c1-6(11)10(14)8-2-7(5-12)3-9(13)4-8/h2-4,6H,5H2,1H3. The van der Waals surface area contributed by atoms with Gasteiger partial charge in [0, 0.05) is 11.4 Å². The molecule has 1 unspecified atom stereocenters. The SMILES string of the molecule is CC(Br)C(=O)c1cc(F)cc(CCl)c1. The molecule has 0 aliphatic rings. The van der Waals surface area contributed by atoms with Crippen LogP contribution in [0.1, 0.15) is 22.8 Å². The predicted octanol–water partition coefficient (Wildman–Crippen LogP) is 3.53. The van der Waals surface area contributed by atoms with Crippen molar-refractivity contribution in [3.63, 3.8) is 0 Å². The van der Waals surface area contributed by atoms with E-state index < -0.39 is 5.82 Å². The quantitative estimate of drug-likeness (QED) is 0.611. The second kappa shape index (κ2) is 4.89. The molecule has 0 heterocycles. The molecule has 0 fully saturated rings. The van der Waals surface area contributed by atoms with E-state index in [0.29, 0.717) is 11.1 Å². The van der Waals surface area contributed by atoms with Crippen LogP contribution in [0.4, 0.5) is 4.39 Å². The van der Waals surface area contributed by atoms with Gasteiger partial charge in [0.2, 0.25) is 0 Å². The Kier molecular flexibility index (Phi) is 4.08. The van der Waals surface area contributed by atoms with Crippen molar-refractivity contribution in [3.05, 3.63) is 35.1 Å². The minimum absolute atomic E-state index is 0.143. The van der Waals surface area contributed by atoms with Crippen LogP contribution in [0.25, 0.3) is 0 Å². The minimum atomic E-state index is -0.431. The van der Waals surface area contributed by atoms with Crippen molar-refractivity contribution in [2.75, 3.05) is 0 Å². The molecule has 0 saturated carbocycles. The summed E-state index contributed by atoms with van der Waals surface area (Å²) in [6.45, 7) is 1.70. The van der Waals surface area contributed by atoms with E-state index in [9.17, 15) is 9.18 Å². The van der Waals surface area contributed by atoms with Gasteiger partial charge in [-0.25, -0.2) is 4.39 Å². The van der Waals surface area contributed by atoms with Gasteiger partial charge in [-0.15, -0.1) is 11.6 Å². The molecule has 0 spiro atoms. The molecule has 0 bridgehead atoms. The smallest absolute Gasteiger partial charge is 0.176 e. The third-order valence-electron chi connectivity index (χ3n) is 1.76. The van der Waals surface area contributed by atoms with Crippen LogP contribution in [0.5, 0.6) is 0 Å². The van der Waals surface area contributed by atoms with Gasteiger partial charge in [0.05, 0.1) is 4.83 Å². The number of carbonyl (C=O) groups excluding carboxylic acids is 1. The molecule has 0 aliphatic carbocycles. The maximum atomic E-state index is 13.0. The van der Waals surface area contributed by atoms with Gasteiger partial charge in [0.1, 0.15) is 5.82 Å². The fourth-order valence-electron chi connectivity index (χ4n) is 1.10. The van der Waals surface area contributed by atoms with Crippen LogP contribution in [-0.2, 0) is 5.88 Å². The average Bonchev–Trinajstić information content (AvgIpc) is 2.15. The Bertz CT molecular complexity index is 352. The summed E-state index contributed by atoms with van der Waals surface area (Å²) in [5, 5.41) is 0. The summed E-state index contributed by atoms with van der Waals surface area (Å²) >= 11 is 8.71. The summed E-state index contributed by atoms with van der Waals surface area (Å²) in [5.41, 5.74) is 0.966. The number of rotatable bonds is 3. The van der Waals surface area contributed by atoms with E-state index in [4.69, 9.17) is 11.6 Å². The Morgan fingerprint density at radius 3 is 2.71 bits per heavy atom. The highest BCUT2D eigenvalue weighted by atomic mass is 79.9. The first-order valence-electron chi connectivity index (χ1n) is 4.08. The molecular weight excluding hydrogens is 270 g/mol. The fraction of sp³-hybridized carbons (Fsp3) is 0.300. The number of halogens is 3. The van der Waals surface area contributed by atoms with Crippen molar-refractivity contribution in [1.29, 1.82) is 0 Å². The van der Waals surface area contributed by atoms with Crippen LogP contribution in [0.15, 0.2) is 18.2 Å². The van der Waals surface area contributed by atoms with Gasteiger partial charge >= 0.3 is 0 Å². The third-order valence-corrected chi connectivity index (χ3v) is 2.48. The van der Waals surface area contributed by atoms with Crippen LogP contribution in [0, 0.1) is 5.82 Å². The molecule has 76 valence electrons. The number of hydrogen-bond acceptors (Lipinski definition) is 1. The highest BCUT2D eigenvalue weighted by molar-refractivity contribution is 9.10. The highest BCUT2D eigenvalue weighted by Crippen LogP contribution is 2.15. The molecule has 4 heteroatoms. The number of alkyl halides is 2. The molecule has 0 aromatic heterocycles. The zero-order valence-corrected chi connectivity index (χ0v) is 9.90. The molecule has 0 saturated heterocycles. The number of carbonyl (C=O) groups is 1. The van der Waals surface area contributed by atoms with Gasteiger partial charge in [-0.3, -0.25) is 4.79 Å². The maximum Gasteiger partial charge on any atom is 0.176 e. The van der Waals surface area contributed by atoms with Gasteiger partial charge < -0.3 is 0 Å². The summed E-state index contributed by atoms with van der Waals surface area (Å²) in [5.74, 6) is -0.371. The zero-order valence-electron chi connectivity index (χ0n) is 7.56. The fourth-order valence-corrected chi connectivity index (χ4v) is 1.52. The summed E-state index contributed by atoms with van der Waals surface area (Å²) in [6, 6.07) is 4.15. The van der Waals surface area contributed by atoms with Crippen molar-refractivity contribution in [1.82, 2.24) is 0 Å².